The van der Waals surface area contributed by atoms with E-state index in [2.05, 4.69) is 31.8 Å². The quantitative estimate of drug-likeness (QED) is 0.619. The number of nitrogens with two attached hydrogens (primary N) is 1. The lowest BCUT2D eigenvalue weighted by Crippen LogP contribution is -2.11. The van der Waals surface area contributed by atoms with Crippen molar-refractivity contribution >= 4 is 17.7 Å². The zero-order valence-corrected chi connectivity index (χ0v) is 16.8. The number of rotatable bonds is 6. The van der Waals surface area contributed by atoms with E-state index in [1.807, 2.05) is 55.7 Å². The minimum atomic E-state index is 0.136. The Morgan fingerprint density at radius 2 is 2.14 bits per heavy atom. The smallest absolute Gasteiger partial charge is 0.149 e. The second kappa shape index (κ2) is 10.4. The number of nitrogen functional groups attached to an aromatic ring is 1. The fourth-order valence-corrected chi connectivity index (χ4v) is 2.65. The van der Waals surface area contributed by atoms with Crippen LogP contribution in [0.2, 0.25) is 0 Å². The number of aryl methyl sites for hydroxylation is 1. The predicted molar refractivity (Wildman–Crippen MR) is 115 cm³/mol. The molecule has 0 aliphatic heterocycles. The van der Waals surface area contributed by atoms with Crippen molar-refractivity contribution < 1.29 is 0 Å². The van der Waals surface area contributed by atoms with Crippen LogP contribution in [0.5, 0.6) is 0 Å². The van der Waals surface area contributed by atoms with Gasteiger partial charge in [-0.3, -0.25) is 9.55 Å². The molecule has 0 atom stereocenters. The Kier molecular flexibility index (Phi) is 7.62. The summed E-state index contributed by atoms with van der Waals surface area (Å²) >= 11 is 0. The van der Waals surface area contributed by atoms with Crippen molar-refractivity contribution in [3.05, 3.63) is 72.4 Å². The van der Waals surface area contributed by atoms with Crippen LogP contribution in [0.25, 0.3) is 11.8 Å². The summed E-state index contributed by atoms with van der Waals surface area (Å²) in [4.78, 5) is 16.8. The Balaban J connectivity index is 0.00000145. The van der Waals surface area contributed by atoms with Crippen molar-refractivity contribution in [1.82, 2.24) is 24.5 Å². The lowest BCUT2D eigenvalue weighted by Gasteiger charge is -2.12. The van der Waals surface area contributed by atoms with E-state index in [4.69, 9.17) is 5.73 Å². The summed E-state index contributed by atoms with van der Waals surface area (Å²) < 4.78 is 1.99. The summed E-state index contributed by atoms with van der Waals surface area (Å²) in [6, 6.07) is 5.83. The third-order valence-electron chi connectivity index (χ3n) is 3.86. The van der Waals surface area contributed by atoms with Crippen molar-refractivity contribution in [1.29, 1.82) is 5.26 Å². The lowest BCUT2D eigenvalue weighted by atomic mass is 10.3. The molecule has 8 heteroatoms. The van der Waals surface area contributed by atoms with E-state index in [0.717, 1.165) is 22.9 Å². The summed E-state index contributed by atoms with van der Waals surface area (Å²) in [5.41, 5.74) is 8.61. The molecule has 0 aromatic carbocycles. The molecule has 148 valence electrons. The average molecular weight is 388 g/mol. The molecule has 0 amide bonds. The minimum Gasteiger partial charge on any atom is -0.382 e. The molecule has 0 unspecified atom stereocenters. The first-order valence-corrected chi connectivity index (χ1v) is 9.18. The molecule has 0 saturated heterocycles. The average Bonchev–Trinajstić information content (AvgIpc) is 3.07. The molecule has 0 bridgehead atoms. The van der Waals surface area contributed by atoms with Crippen molar-refractivity contribution in [2.75, 3.05) is 11.1 Å². The molecule has 3 heterocycles. The molecular formula is C21H24N8. The van der Waals surface area contributed by atoms with Gasteiger partial charge in [-0.1, -0.05) is 32.6 Å². The molecule has 0 radical (unpaired) electrons. The minimum absolute atomic E-state index is 0.136. The Bertz CT molecular complexity index is 1030. The first kappa shape index (κ1) is 21.3. The number of aromatic nitrogens is 5. The van der Waals surface area contributed by atoms with Crippen LogP contribution in [-0.4, -0.2) is 24.5 Å². The molecular weight excluding hydrogens is 364 g/mol. The third-order valence-corrected chi connectivity index (χ3v) is 3.86. The number of anilines is 2. The highest BCUT2D eigenvalue weighted by Crippen LogP contribution is 2.21. The molecule has 3 aromatic heterocycles. The van der Waals surface area contributed by atoms with E-state index in [0.29, 0.717) is 12.4 Å². The van der Waals surface area contributed by atoms with E-state index in [1.54, 1.807) is 18.5 Å². The highest BCUT2D eigenvalue weighted by molar-refractivity contribution is 5.62. The number of nitriles is 1. The Morgan fingerprint density at radius 1 is 1.34 bits per heavy atom. The molecule has 8 nitrogen and oxygen atoms in total. The molecule has 29 heavy (non-hydrogen) atoms. The van der Waals surface area contributed by atoms with Crippen molar-refractivity contribution in [2.45, 2.75) is 27.3 Å². The van der Waals surface area contributed by atoms with Crippen molar-refractivity contribution in [3.63, 3.8) is 0 Å². The fraction of sp³-hybridized carbons (Fsp3) is 0.190. The number of nitrogens with zero attached hydrogens (tertiary/aromatic N) is 6. The molecule has 0 aliphatic rings. The maximum atomic E-state index is 9.28. The van der Waals surface area contributed by atoms with E-state index >= 15 is 0 Å². The Hall–Kier alpha value is -3.99. The van der Waals surface area contributed by atoms with Crippen molar-refractivity contribution in [2.24, 2.45) is 0 Å². The van der Waals surface area contributed by atoms with E-state index in [-0.39, 0.29) is 11.4 Å². The van der Waals surface area contributed by atoms with E-state index < -0.39 is 0 Å². The zero-order valence-electron chi connectivity index (χ0n) is 16.8. The van der Waals surface area contributed by atoms with Crippen LogP contribution in [0, 0.1) is 18.3 Å². The van der Waals surface area contributed by atoms with Gasteiger partial charge in [0.1, 0.15) is 35.4 Å². The lowest BCUT2D eigenvalue weighted by molar-refractivity contribution is 0.882. The normalized spacial score (nSPS) is 10.1. The number of hydrogen-bond donors (Lipinski definition) is 2. The monoisotopic (exact) mass is 388 g/mol. The third kappa shape index (κ3) is 4.84. The fourth-order valence-electron chi connectivity index (χ4n) is 2.65. The molecule has 3 N–H and O–H groups in total. The summed E-state index contributed by atoms with van der Waals surface area (Å²) in [5, 5.41) is 12.4. The van der Waals surface area contributed by atoms with Crippen LogP contribution in [0.4, 0.5) is 11.6 Å². The van der Waals surface area contributed by atoms with Gasteiger partial charge in [0.25, 0.3) is 0 Å². The topological polar surface area (TPSA) is 118 Å². The van der Waals surface area contributed by atoms with Gasteiger partial charge in [-0.15, -0.1) is 0 Å². The van der Waals surface area contributed by atoms with Gasteiger partial charge in [0.05, 0.1) is 29.8 Å². The Labute approximate surface area is 170 Å². The van der Waals surface area contributed by atoms with Gasteiger partial charge in [0.2, 0.25) is 0 Å². The number of hydrogen-bond acceptors (Lipinski definition) is 7. The van der Waals surface area contributed by atoms with Gasteiger partial charge in [-0.25, -0.2) is 15.0 Å². The molecule has 0 fully saturated rings. The van der Waals surface area contributed by atoms with Crippen LogP contribution >= 0.6 is 0 Å². The van der Waals surface area contributed by atoms with Gasteiger partial charge >= 0.3 is 0 Å². The highest BCUT2D eigenvalue weighted by Gasteiger charge is 2.15. The zero-order chi connectivity index (χ0) is 21.2. The second-order valence-corrected chi connectivity index (χ2v) is 5.59. The van der Waals surface area contributed by atoms with Crippen molar-refractivity contribution in [3.8, 4) is 11.8 Å². The van der Waals surface area contributed by atoms with Crippen LogP contribution in [-0.2, 0) is 6.54 Å². The maximum Gasteiger partial charge on any atom is 0.149 e. The van der Waals surface area contributed by atoms with Gasteiger partial charge in [0.15, 0.2) is 0 Å². The van der Waals surface area contributed by atoms with Gasteiger partial charge in [-0.2, -0.15) is 5.26 Å². The van der Waals surface area contributed by atoms with E-state index in [9.17, 15) is 5.26 Å². The number of nitrogens with one attached hydrogen (secondary N) is 1. The van der Waals surface area contributed by atoms with Gasteiger partial charge in [-0.05, 0) is 25.1 Å². The number of imidazole rings is 1. The first-order valence-electron chi connectivity index (χ1n) is 9.18. The summed E-state index contributed by atoms with van der Waals surface area (Å²) in [6.45, 7) is 9.99. The first-order chi connectivity index (χ1) is 14.2. The predicted octanol–water partition coefficient (Wildman–Crippen LogP) is 3.66. The Morgan fingerprint density at radius 3 is 2.79 bits per heavy atom. The van der Waals surface area contributed by atoms with Gasteiger partial charge < -0.3 is 11.1 Å². The maximum absolute atomic E-state index is 9.28. The number of pyridine rings is 1. The molecule has 0 spiro atoms. The molecule has 3 rings (SSSR count). The van der Waals surface area contributed by atoms with E-state index in [1.165, 1.54) is 6.33 Å². The van der Waals surface area contributed by atoms with Gasteiger partial charge in [0, 0.05) is 6.20 Å². The standard InChI is InChI=1S/C19H18N8.C2H6/c1-3-4-7-16-13(2)26-17(27(16)14-6-5-8-22-10-14)11-23-19-15(9-20)18(21)24-12-25-19;1-2/h3-8,10,12H,1,11H2,2H3,(H3,21,23,24,25);1-2H3/b7-4-;. The number of allylic oxidation sites excluding steroid dienone is 2. The SMILES string of the molecule is C=C/C=C\c1c(C)nc(CNc2ncnc(N)c2C#N)n1-c1cccnc1.CC. The van der Waals surface area contributed by atoms with Crippen LogP contribution < -0.4 is 11.1 Å². The van der Waals surface area contributed by atoms with Crippen LogP contribution in [0.15, 0.2) is 49.6 Å². The summed E-state index contributed by atoms with van der Waals surface area (Å²) in [6.07, 6.45) is 10.3. The second-order valence-electron chi connectivity index (χ2n) is 5.59. The molecule has 3 aromatic rings. The molecule has 0 aliphatic carbocycles. The summed E-state index contributed by atoms with van der Waals surface area (Å²) in [5.74, 6) is 1.24. The largest absolute Gasteiger partial charge is 0.382 e. The highest BCUT2D eigenvalue weighted by atomic mass is 15.1. The van der Waals surface area contributed by atoms with Crippen LogP contribution in [0.3, 0.4) is 0 Å². The summed E-state index contributed by atoms with van der Waals surface area (Å²) in [7, 11) is 0. The van der Waals surface area contributed by atoms with Crippen LogP contribution in [0.1, 0.15) is 36.6 Å². The molecule has 0 saturated carbocycles.